The van der Waals surface area contributed by atoms with E-state index in [1.807, 2.05) is 27.7 Å². The van der Waals surface area contributed by atoms with Crippen molar-refractivity contribution >= 4 is 89.4 Å². The molecule has 46 heavy (non-hydrogen) atoms. The third-order valence-corrected chi connectivity index (χ3v) is 8.61. The molecule has 1 heterocycles. The Morgan fingerprint density at radius 3 is 1.91 bits per heavy atom. The van der Waals surface area contributed by atoms with Crippen LogP contribution in [0.4, 0.5) is 4.79 Å². The van der Waals surface area contributed by atoms with Crippen LogP contribution < -0.4 is 5.32 Å². The van der Waals surface area contributed by atoms with Gasteiger partial charge in [-0.25, -0.2) is 9.36 Å². The van der Waals surface area contributed by atoms with Crippen molar-refractivity contribution in [3.8, 4) is 0 Å². The Bertz CT molecular complexity index is 916. The summed E-state index contributed by atoms with van der Waals surface area (Å²) in [4.78, 5) is 13.0. The van der Waals surface area contributed by atoms with Crippen molar-refractivity contribution in [2.24, 2.45) is 0 Å². The van der Waals surface area contributed by atoms with Crippen LogP contribution in [-0.2, 0) is 41.8 Å². The normalized spacial score (nSPS) is 22.4. The lowest BCUT2D eigenvalue weighted by atomic mass is 9.96. The largest absolute Gasteiger partial charge is 0.475 e. The van der Waals surface area contributed by atoms with Gasteiger partial charge in [0.1, 0.15) is 31.0 Å². The van der Waals surface area contributed by atoms with E-state index in [9.17, 15) is 9.36 Å². The van der Waals surface area contributed by atoms with E-state index in [-0.39, 0.29) is 26.4 Å². The smallest absolute Gasteiger partial charge is 0.446 e. The summed E-state index contributed by atoms with van der Waals surface area (Å²) >= 11 is 35.0. The van der Waals surface area contributed by atoms with Crippen LogP contribution in [0.25, 0.3) is 0 Å². The Hall–Kier alpha value is 0.470. The first-order valence-corrected chi connectivity index (χ1v) is 19.1. The van der Waals surface area contributed by atoms with Gasteiger partial charge in [-0.1, -0.05) is 123 Å². The van der Waals surface area contributed by atoms with Gasteiger partial charge in [0.05, 0.1) is 19.8 Å². The summed E-state index contributed by atoms with van der Waals surface area (Å²) in [6, 6.07) is -1.32. The molecule has 0 spiro atoms. The van der Waals surface area contributed by atoms with Crippen LogP contribution in [0, 0.1) is 5.41 Å². The minimum absolute atomic E-state index is 0.0897. The summed E-state index contributed by atoms with van der Waals surface area (Å²) < 4.78 is 56.5. The first kappa shape index (κ1) is 44.5. The fourth-order valence-electron chi connectivity index (χ4n) is 3.82. The van der Waals surface area contributed by atoms with Gasteiger partial charge >= 0.3 is 13.9 Å². The molecule has 0 bridgehead atoms. The van der Waals surface area contributed by atoms with Gasteiger partial charge in [0.25, 0.3) is 3.79 Å². The zero-order valence-electron chi connectivity index (χ0n) is 26.6. The van der Waals surface area contributed by atoms with Crippen LogP contribution in [0.1, 0.15) is 79.1 Å². The molecule has 0 radical (unpaired) electrons. The standard InChI is InChI=1S/C27H47Cl6N2O10P/c1-5-9-13-38-17-19-21(45-46(37,41-15-11-7-3)42-16-12-8-4)22(39-14-10-6-2)20(35-25(36)40-18-26(28,29)30)23(43-19)44-24(34)27(31,32)33/h19-23,34H,5-18H2,1-4H3,(H,35,36). The lowest BCUT2D eigenvalue weighted by molar-refractivity contribution is -0.256. The molecule has 2 N–H and O–H groups in total. The van der Waals surface area contributed by atoms with Crippen molar-refractivity contribution in [2.75, 3.05) is 39.6 Å². The molecule has 0 aromatic heterocycles. The zero-order valence-corrected chi connectivity index (χ0v) is 32.0. The maximum atomic E-state index is 14.1. The summed E-state index contributed by atoms with van der Waals surface area (Å²) in [5.74, 6) is -0.808. The number of ether oxygens (including phenoxy) is 5. The molecule has 19 heteroatoms. The number of hydrogen-bond donors (Lipinski definition) is 2. The number of unbranched alkanes of at least 4 members (excludes halogenated alkanes) is 4. The second-order valence-corrected chi connectivity index (χ2v) is 16.8. The number of amides is 1. The molecule has 1 saturated heterocycles. The molecule has 272 valence electrons. The van der Waals surface area contributed by atoms with Crippen molar-refractivity contribution < 1.29 is 46.6 Å². The molecule has 0 aliphatic carbocycles. The summed E-state index contributed by atoms with van der Waals surface area (Å²) in [6.45, 7) is 7.94. The molecule has 5 atom stereocenters. The average Bonchev–Trinajstić information content (AvgIpc) is 2.96. The van der Waals surface area contributed by atoms with Crippen molar-refractivity contribution in [1.29, 1.82) is 5.41 Å². The molecule has 1 fully saturated rings. The molecular weight excluding hydrogens is 756 g/mol. The minimum atomic E-state index is -4.23. The number of phosphoric acid groups is 1. The Morgan fingerprint density at radius 1 is 0.848 bits per heavy atom. The second kappa shape index (κ2) is 23.0. The summed E-state index contributed by atoms with van der Waals surface area (Å²) in [5.41, 5.74) is 0. The number of halogens is 6. The zero-order chi connectivity index (χ0) is 34.8. The third kappa shape index (κ3) is 17.9. The Balaban J connectivity index is 3.64. The maximum Gasteiger partial charge on any atom is 0.475 e. The average molecular weight is 803 g/mol. The molecule has 5 unspecified atom stereocenters. The van der Waals surface area contributed by atoms with Gasteiger partial charge in [0.2, 0.25) is 16.0 Å². The number of carbonyl (C=O) groups is 1. The van der Waals surface area contributed by atoms with Gasteiger partial charge in [0.15, 0.2) is 0 Å². The molecule has 1 aliphatic rings. The molecule has 0 saturated carbocycles. The van der Waals surface area contributed by atoms with Gasteiger partial charge in [-0.15, -0.1) is 0 Å². The number of nitrogens with one attached hydrogen (secondary N) is 2. The summed E-state index contributed by atoms with van der Waals surface area (Å²) in [6.07, 6.45) is -0.296. The highest BCUT2D eigenvalue weighted by atomic mass is 35.6. The van der Waals surface area contributed by atoms with E-state index in [1.54, 1.807) is 0 Å². The van der Waals surface area contributed by atoms with Crippen molar-refractivity contribution in [3.63, 3.8) is 0 Å². The lowest BCUT2D eigenvalue weighted by Gasteiger charge is -2.46. The number of phosphoric ester groups is 1. The van der Waals surface area contributed by atoms with E-state index >= 15 is 0 Å². The molecule has 0 aromatic rings. The van der Waals surface area contributed by atoms with Gasteiger partial charge in [-0.05, 0) is 25.7 Å². The van der Waals surface area contributed by atoms with E-state index in [0.29, 0.717) is 25.9 Å². The quantitative estimate of drug-likeness (QED) is 0.0359. The first-order chi connectivity index (χ1) is 21.6. The molecule has 0 aromatic carbocycles. The van der Waals surface area contributed by atoms with E-state index in [2.05, 4.69) is 5.32 Å². The topological polar surface area (TPSA) is 144 Å². The van der Waals surface area contributed by atoms with Gasteiger partial charge in [-0.2, -0.15) is 0 Å². The van der Waals surface area contributed by atoms with Crippen LogP contribution in [-0.4, -0.2) is 89.9 Å². The number of alkyl halides is 6. The Kier molecular flexibility index (Phi) is 22.3. The fraction of sp³-hybridized carbons (Fsp3) is 0.926. The third-order valence-electron chi connectivity index (χ3n) is 6.27. The molecule has 1 rings (SSSR count). The summed E-state index contributed by atoms with van der Waals surface area (Å²) in [7, 11) is -4.23. The SMILES string of the molecule is CCCCOCC1OC(OC(=N)C(Cl)(Cl)Cl)C(NC(=O)OCC(Cl)(Cl)Cl)C(OCCCC)C1OP(=O)(OCCCC)OCCCC. The van der Waals surface area contributed by atoms with E-state index in [4.69, 9.17) is 112 Å². The number of hydrogen-bond acceptors (Lipinski definition) is 11. The predicted octanol–water partition coefficient (Wildman–Crippen LogP) is 8.67. The van der Waals surface area contributed by atoms with Gasteiger partial charge in [0, 0.05) is 13.2 Å². The number of alkyl carbamates (subject to hydrolysis) is 1. The highest BCUT2D eigenvalue weighted by Crippen LogP contribution is 2.53. The van der Waals surface area contributed by atoms with Crippen LogP contribution >= 0.6 is 77.4 Å². The van der Waals surface area contributed by atoms with Crippen molar-refractivity contribution in [2.45, 2.75) is 117 Å². The molecular formula is C27H47Cl6N2O10P. The second-order valence-electron chi connectivity index (χ2n) is 10.4. The molecule has 1 amide bonds. The van der Waals surface area contributed by atoms with Gasteiger partial charge in [-0.3, -0.25) is 19.0 Å². The van der Waals surface area contributed by atoms with Crippen LogP contribution in [0.2, 0.25) is 0 Å². The fourth-order valence-corrected chi connectivity index (χ4v) is 5.58. The monoisotopic (exact) mass is 800 g/mol. The Labute approximate surface area is 302 Å². The maximum absolute atomic E-state index is 14.1. The Morgan fingerprint density at radius 2 is 1.39 bits per heavy atom. The van der Waals surface area contributed by atoms with E-state index < -0.39 is 64.6 Å². The lowest BCUT2D eigenvalue weighted by Crippen LogP contribution is -2.66. The van der Waals surface area contributed by atoms with Crippen molar-refractivity contribution in [1.82, 2.24) is 5.32 Å². The first-order valence-electron chi connectivity index (χ1n) is 15.3. The van der Waals surface area contributed by atoms with Crippen LogP contribution in [0.3, 0.4) is 0 Å². The minimum Gasteiger partial charge on any atom is -0.446 e. The summed E-state index contributed by atoms with van der Waals surface area (Å²) in [5, 5.41) is 10.8. The number of carbonyl (C=O) groups excluding carboxylic acids is 1. The highest BCUT2D eigenvalue weighted by Gasteiger charge is 2.53. The highest BCUT2D eigenvalue weighted by molar-refractivity contribution is 7.48. The van der Waals surface area contributed by atoms with E-state index in [1.165, 1.54) is 0 Å². The van der Waals surface area contributed by atoms with Crippen LogP contribution in [0.5, 0.6) is 0 Å². The van der Waals surface area contributed by atoms with E-state index in [0.717, 1.165) is 32.1 Å². The predicted molar refractivity (Wildman–Crippen MR) is 181 cm³/mol. The van der Waals surface area contributed by atoms with Gasteiger partial charge < -0.3 is 29.0 Å². The van der Waals surface area contributed by atoms with Crippen molar-refractivity contribution in [3.05, 3.63) is 0 Å². The molecule has 1 aliphatic heterocycles. The van der Waals surface area contributed by atoms with Crippen LogP contribution in [0.15, 0.2) is 0 Å². The molecule has 12 nitrogen and oxygen atoms in total. The number of rotatable bonds is 22.